The molecule has 2 aromatic rings. The molecule has 1 N–H and O–H groups in total. The number of nitrogens with one attached hydrogen (secondary N) is 1. The smallest absolute Gasteiger partial charge is 0.259 e. The summed E-state index contributed by atoms with van der Waals surface area (Å²) in [6.07, 6.45) is 1.63. The van der Waals surface area contributed by atoms with Crippen molar-refractivity contribution < 1.29 is 17.9 Å². The molecule has 2 aromatic carbocycles. The number of nitrogens with zero attached hydrogens (tertiary/aromatic N) is 1. The number of carbonyl (C=O) groups is 1. The Kier molecular flexibility index (Phi) is 6.73. The van der Waals surface area contributed by atoms with E-state index in [1.54, 1.807) is 12.1 Å². The molecule has 29 heavy (non-hydrogen) atoms. The Morgan fingerprint density at radius 1 is 1.14 bits per heavy atom. The number of hydrogen-bond acceptors (Lipinski definition) is 4. The largest absolute Gasteiger partial charge is 0.496 e. The number of methoxy groups -OCH3 is 1. The van der Waals surface area contributed by atoms with Crippen LogP contribution in [-0.2, 0) is 10.0 Å². The number of anilines is 1. The van der Waals surface area contributed by atoms with Crippen molar-refractivity contribution in [2.24, 2.45) is 5.92 Å². The monoisotopic (exact) mass is 456 g/mol. The minimum Gasteiger partial charge on any atom is -0.496 e. The summed E-state index contributed by atoms with van der Waals surface area (Å²) in [6, 6.07) is 8.95. The van der Waals surface area contributed by atoms with E-state index in [0.29, 0.717) is 34.7 Å². The Morgan fingerprint density at radius 2 is 1.83 bits per heavy atom. The van der Waals surface area contributed by atoms with Gasteiger partial charge in [-0.1, -0.05) is 30.1 Å². The zero-order valence-electron chi connectivity index (χ0n) is 16.1. The number of piperidine rings is 1. The molecule has 0 atom stereocenters. The van der Waals surface area contributed by atoms with Crippen molar-refractivity contribution in [1.82, 2.24) is 4.31 Å². The Morgan fingerprint density at radius 3 is 2.48 bits per heavy atom. The van der Waals surface area contributed by atoms with E-state index >= 15 is 0 Å². The first-order valence-corrected chi connectivity index (χ1v) is 11.4. The van der Waals surface area contributed by atoms with Gasteiger partial charge in [-0.05, 0) is 55.2 Å². The third kappa shape index (κ3) is 4.86. The van der Waals surface area contributed by atoms with Crippen LogP contribution in [0.3, 0.4) is 0 Å². The average Bonchev–Trinajstić information content (AvgIpc) is 2.70. The second-order valence-electron chi connectivity index (χ2n) is 7.03. The van der Waals surface area contributed by atoms with E-state index in [1.807, 2.05) is 0 Å². The molecule has 0 aromatic heterocycles. The Balaban J connectivity index is 1.92. The van der Waals surface area contributed by atoms with Crippen LogP contribution in [-0.4, -0.2) is 38.8 Å². The van der Waals surface area contributed by atoms with Crippen molar-refractivity contribution in [2.45, 2.75) is 24.7 Å². The maximum atomic E-state index is 13.0. The van der Waals surface area contributed by atoms with Crippen molar-refractivity contribution >= 4 is 44.8 Å². The van der Waals surface area contributed by atoms with Gasteiger partial charge in [-0.25, -0.2) is 8.42 Å². The van der Waals surface area contributed by atoms with E-state index in [9.17, 15) is 13.2 Å². The van der Waals surface area contributed by atoms with Crippen LogP contribution in [0.5, 0.6) is 5.75 Å². The maximum Gasteiger partial charge on any atom is 0.259 e. The summed E-state index contributed by atoms with van der Waals surface area (Å²) in [4.78, 5) is 12.9. The average molecular weight is 457 g/mol. The molecular formula is C20H22Cl2N2O4S. The second kappa shape index (κ2) is 8.92. The summed E-state index contributed by atoms with van der Waals surface area (Å²) in [6.45, 7) is 3.05. The van der Waals surface area contributed by atoms with Crippen LogP contribution in [0.2, 0.25) is 10.0 Å². The zero-order chi connectivity index (χ0) is 21.2. The normalized spacial score (nSPS) is 15.9. The predicted octanol–water partition coefficient (Wildman–Crippen LogP) is 4.67. The molecule has 0 saturated carbocycles. The third-order valence-electron chi connectivity index (χ3n) is 4.97. The third-order valence-corrected chi connectivity index (χ3v) is 7.43. The molecule has 0 aliphatic carbocycles. The molecule has 1 fully saturated rings. The molecule has 3 rings (SSSR count). The highest BCUT2D eigenvalue weighted by molar-refractivity contribution is 7.89. The van der Waals surface area contributed by atoms with Crippen LogP contribution in [0.25, 0.3) is 0 Å². The van der Waals surface area contributed by atoms with Crippen LogP contribution >= 0.6 is 23.2 Å². The van der Waals surface area contributed by atoms with Gasteiger partial charge in [-0.2, -0.15) is 4.31 Å². The topological polar surface area (TPSA) is 75.7 Å². The van der Waals surface area contributed by atoms with Crippen molar-refractivity contribution in [3.63, 3.8) is 0 Å². The SMILES string of the molecule is COc1ccc(S(=O)(=O)N2CCC(C)CC2)cc1C(=O)Nc1cc(Cl)ccc1Cl. The highest BCUT2D eigenvalue weighted by Crippen LogP contribution is 2.30. The first-order valence-electron chi connectivity index (χ1n) is 9.17. The standard InChI is InChI=1S/C20H22Cl2N2O4S/c1-13-7-9-24(10-8-13)29(26,27)15-4-6-19(28-2)16(12-15)20(25)23-18-11-14(21)3-5-17(18)22/h3-6,11-13H,7-10H2,1-2H3,(H,23,25). The van der Waals surface area contributed by atoms with E-state index in [0.717, 1.165) is 12.8 Å². The lowest BCUT2D eigenvalue weighted by molar-refractivity contribution is 0.102. The summed E-state index contributed by atoms with van der Waals surface area (Å²) >= 11 is 12.1. The van der Waals surface area contributed by atoms with Gasteiger partial charge in [-0.15, -0.1) is 0 Å². The highest BCUT2D eigenvalue weighted by Gasteiger charge is 2.29. The molecule has 156 valence electrons. The van der Waals surface area contributed by atoms with Crippen LogP contribution in [0.15, 0.2) is 41.3 Å². The van der Waals surface area contributed by atoms with E-state index in [1.165, 1.54) is 35.7 Å². The molecular weight excluding hydrogens is 435 g/mol. The molecule has 0 radical (unpaired) electrons. The van der Waals surface area contributed by atoms with E-state index < -0.39 is 15.9 Å². The zero-order valence-corrected chi connectivity index (χ0v) is 18.4. The van der Waals surface area contributed by atoms with Gasteiger partial charge < -0.3 is 10.1 Å². The molecule has 0 spiro atoms. The molecule has 1 heterocycles. The summed E-state index contributed by atoms with van der Waals surface area (Å²) in [5.74, 6) is 0.211. The number of sulfonamides is 1. The van der Waals surface area contributed by atoms with Crippen molar-refractivity contribution in [1.29, 1.82) is 0 Å². The summed E-state index contributed by atoms with van der Waals surface area (Å²) < 4.78 is 32.8. The molecule has 0 bridgehead atoms. The van der Waals surface area contributed by atoms with Gasteiger partial charge in [0.25, 0.3) is 5.91 Å². The highest BCUT2D eigenvalue weighted by atomic mass is 35.5. The first-order chi connectivity index (χ1) is 13.7. The second-order valence-corrected chi connectivity index (χ2v) is 9.81. The summed E-state index contributed by atoms with van der Waals surface area (Å²) in [7, 11) is -2.29. The predicted molar refractivity (Wildman–Crippen MR) is 115 cm³/mol. The van der Waals surface area contributed by atoms with Crippen LogP contribution < -0.4 is 10.1 Å². The first kappa shape index (κ1) is 21.9. The number of amides is 1. The lowest BCUT2D eigenvalue weighted by Crippen LogP contribution is -2.37. The Hall–Kier alpha value is -1.80. The Bertz CT molecular complexity index is 1020. The molecule has 1 amide bonds. The number of halogens is 2. The van der Waals surface area contributed by atoms with Gasteiger partial charge in [0.15, 0.2) is 0 Å². The van der Waals surface area contributed by atoms with Crippen molar-refractivity contribution in [3.05, 3.63) is 52.0 Å². The van der Waals surface area contributed by atoms with Crippen LogP contribution in [0.1, 0.15) is 30.1 Å². The van der Waals surface area contributed by atoms with Gasteiger partial charge in [0.1, 0.15) is 5.75 Å². The lowest BCUT2D eigenvalue weighted by atomic mass is 10.0. The minimum absolute atomic E-state index is 0.0511. The van der Waals surface area contributed by atoms with Crippen molar-refractivity contribution in [3.8, 4) is 5.75 Å². The van der Waals surface area contributed by atoms with Crippen LogP contribution in [0.4, 0.5) is 5.69 Å². The molecule has 9 heteroatoms. The van der Waals surface area contributed by atoms with Crippen LogP contribution in [0, 0.1) is 5.92 Å². The van der Waals surface area contributed by atoms with Gasteiger partial charge in [0.05, 0.1) is 28.3 Å². The lowest BCUT2D eigenvalue weighted by Gasteiger charge is -2.29. The number of carbonyl (C=O) groups excluding carboxylic acids is 1. The molecule has 6 nitrogen and oxygen atoms in total. The van der Waals surface area contributed by atoms with Gasteiger partial charge in [-0.3, -0.25) is 4.79 Å². The quantitative estimate of drug-likeness (QED) is 0.708. The number of hydrogen-bond donors (Lipinski definition) is 1. The molecule has 0 unspecified atom stereocenters. The maximum absolute atomic E-state index is 13.0. The fourth-order valence-corrected chi connectivity index (χ4v) is 5.02. The summed E-state index contributed by atoms with van der Waals surface area (Å²) in [5, 5.41) is 3.38. The fourth-order valence-electron chi connectivity index (χ4n) is 3.18. The van der Waals surface area contributed by atoms with E-state index in [2.05, 4.69) is 12.2 Å². The van der Waals surface area contributed by atoms with E-state index in [4.69, 9.17) is 27.9 Å². The van der Waals surface area contributed by atoms with Gasteiger partial charge in [0.2, 0.25) is 10.0 Å². The molecule has 1 aliphatic heterocycles. The molecule has 1 aliphatic rings. The van der Waals surface area contributed by atoms with Gasteiger partial charge in [0, 0.05) is 18.1 Å². The fraction of sp³-hybridized carbons (Fsp3) is 0.350. The number of ether oxygens (including phenoxy) is 1. The Labute approximate surface area is 180 Å². The summed E-state index contributed by atoms with van der Waals surface area (Å²) in [5.41, 5.74) is 0.416. The van der Waals surface area contributed by atoms with Gasteiger partial charge >= 0.3 is 0 Å². The van der Waals surface area contributed by atoms with Crippen molar-refractivity contribution in [2.75, 3.05) is 25.5 Å². The van der Waals surface area contributed by atoms with E-state index in [-0.39, 0.29) is 16.2 Å². The number of benzene rings is 2. The minimum atomic E-state index is -3.70. The molecule has 1 saturated heterocycles. The number of rotatable bonds is 5.